The van der Waals surface area contributed by atoms with E-state index >= 15 is 0 Å². The van der Waals surface area contributed by atoms with Gasteiger partial charge in [-0.1, -0.05) is 284 Å². The summed E-state index contributed by atoms with van der Waals surface area (Å²) in [7, 11) is 0. The minimum absolute atomic E-state index is 0.0776. The Hall–Kier alpha value is -8.31. The number of ketones is 11. The van der Waals surface area contributed by atoms with E-state index in [1.807, 2.05) is 155 Å². The van der Waals surface area contributed by atoms with Crippen LogP contribution in [-0.4, -0.2) is 63.6 Å². The summed E-state index contributed by atoms with van der Waals surface area (Å²) < 4.78 is 0. The van der Waals surface area contributed by atoms with Gasteiger partial charge in [-0.25, -0.2) is 0 Å². The second-order valence-electron chi connectivity index (χ2n) is 34.8. The van der Waals surface area contributed by atoms with E-state index in [0.717, 1.165) is 149 Å². The van der Waals surface area contributed by atoms with Gasteiger partial charge >= 0.3 is 0 Å². The molecule has 4 aromatic rings. The highest BCUT2D eigenvalue weighted by atomic mass is 16.2. The van der Waals surface area contributed by atoms with Crippen molar-refractivity contribution < 1.29 is 52.7 Å². The van der Waals surface area contributed by atoms with Crippen molar-refractivity contribution in [2.24, 2.45) is 22.2 Å². The smallest absolute Gasteiger partial charge is 0.163 e. The molecule has 11 heteroatoms. The zero-order valence-corrected chi connectivity index (χ0v) is 74.9. The van der Waals surface area contributed by atoms with Gasteiger partial charge in [-0.3, -0.25) is 52.7 Å². The number of hydrogen-bond donors (Lipinski definition) is 0. The summed E-state index contributed by atoms with van der Waals surface area (Å²) in [6, 6.07) is 36.6. The first kappa shape index (κ1) is 104. The molecule has 1 unspecified atom stereocenters. The van der Waals surface area contributed by atoms with Crippen LogP contribution in [0.2, 0.25) is 0 Å². The van der Waals surface area contributed by atoms with Crippen molar-refractivity contribution in [1.82, 2.24) is 0 Å². The van der Waals surface area contributed by atoms with Crippen LogP contribution in [0.4, 0.5) is 0 Å². The third-order valence-electron chi connectivity index (χ3n) is 22.1. The molecular weight excluding hydrogens is 1440 g/mol. The molecule has 11 nitrogen and oxygen atoms in total. The lowest BCUT2D eigenvalue weighted by Gasteiger charge is -2.32. The van der Waals surface area contributed by atoms with Crippen molar-refractivity contribution in [2.75, 3.05) is 0 Å². The Morgan fingerprint density at radius 3 is 1.51 bits per heavy atom. The summed E-state index contributed by atoms with van der Waals surface area (Å²) in [4.78, 5) is 120. The Morgan fingerprint density at radius 1 is 0.483 bits per heavy atom. The van der Waals surface area contributed by atoms with Crippen LogP contribution in [0.1, 0.15) is 379 Å². The molecule has 8 aliphatic carbocycles. The van der Waals surface area contributed by atoms with E-state index in [9.17, 15) is 52.7 Å². The number of unbranched alkanes of at least 4 members (excludes halogenated alkanes) is 4. The molecule has 0 saturated heterocycles. The molecule has 636 valence electrons. The van der Waals surface area contributed by atoms with Gasteiger partial charge in [0.05, 0.1) is 0 Å². The first-order valence-corrected chi connectivity index (χ1v) is 44.2. The second kappa shape index (κ2) is 59.4. The molecule has 0 aliphatic heterocycles. The predicted molar refractivity (Wildman–Crippen MR) is 483 cm³/mol. The minimum atomic E-state index is -0.139. The van der Waals surface area contributed by atoms with Crippen LogP contribution in [0.15, 0.2) is 179 Å². The van der Waals surface area contributed by atoms with Crippen molar-refractivity contribution in [3.63, 3.8) is 0 Å². The highest BCUT2D eigenvalue weighted by Crippen LogP contribution is 2.41. The highest BCUT2D eigenvalue weighted by Gasteiger charge is 2.28. The molecule has 0 spiro atoms. The number of benzene rings is 4. The standard InChI is InChI=1S/C15H24O.C13H20O.2C10H10O.C10H18O.C10H16O.C9H14O.C9H10O.C8H8O.C6H12O.C5H8O/c16-15-12-11-13-9-7-5-3-1-2-4-6-8-10-14(13)15;1-10-6-5-9-13(3,4)12(10)8-7-11(2)14;11-10-7-3-5-8-4-1-2-6-9(8)10;1-9(11)7-8-10-5-3-2-4-6-10;2*1-2-3-4-6-9-7-5-8-10(9)11;1-7-6-9(2,3)5-4-8(7)10;1-8(10)7-9-5-3-2-4-6-9;1-7(9)8-5-3-2-4-6-8;1-5(7)6(2,3)4;6-5-3-1-2-4-5/h1-12H2;7-8H,5-6,9H2,1-4H3;1-2,4,6H,3,5,7H2;2-8H,1H3;9H,2-8H2,1H3;7H,2-6,8H2,1H3;6H,4-5H2,1-3H3;2-6H,7H2,1H3;2-6H,1H3;1-4H3;1-4H2/b;8-7+;;8-7+;;;;;;;. The Labute approximate surface area is 702 Å². The first-order chi connectivity index (χ1) is 55.1. The van der Waals surface area contributed by atoms with E-state index in [1.54, 1.807) is 46.8 Å². The molecule has 0 heterocycles. The van der Waals surface area contributed by atoms with Gasteiger partial charge in [-0.15, -0.1) is 0 Å². The van der Waals surface area contributed by atoms with E-state index in [-0.39, 0.29) is 45.2 Å². The molecule has 1 atom stereocenters. The minimum Gasteiger partial charge on any atom is -0.300 e. The van der Waals surface area contributed by atoms with Crippen molar-refractivity contribution in [3.05, 3.63) is 207 Å². The summed E-state index contributed by atoms with van der Waals surface area (Å²) >= 11 is 0. The average Bonchev–Trinajstić information content (AvgIpc) is 1.20. The zero-order chi connectivity index (χ0) is 86.3. The number of aryl methyl sites for hydroxylation is 1. The molecule has 8 aliphatic rings. The third kappa shape index (κ3) is 47.8. The normalized spacial score (nSPS) is 17.9. The number of carbonyl (C=O) groups is 11. The van der Waals surface area contributed by atoms with E-state index < -0.39 is 0 Å². The molecule has 116 heavy (non-hydrogen) atoms. The first-order valence-electron chi connectivity index (χ1n) is 44.2. The summed E-state index contributed by atoms with van der Waals surface area (Å²) in [6.45, 7) is 31.0. The lowest BCUT2D eigenvalue weighted by Crippen LogP contribution is -2.19. The Morgan fingerprint density at radius 2 is 1.03 bits per heavy atom. The van der Waals surface area contributed by atoms with Crippen molar-refractivity contribution in [3.8, 4) is 0 Å². The van der Waals surface area contributed by atoms with Crippen LogP contribution in [0.25, 0.3) is 6.08 Å². The van der Waals surface area contributed by atoms with Crippen molar-refractivity contribution >= 4 is 69.7 Å². The van der Waals surface area contributed by atoms with Gasteiger partial charge < -0.3 is 0 Å². The van der Waals surface area contributed by atoms with Gasteiger partial charge in [0.25, 0.3) is 0 Å². The van der Waals surface area contributed by atoms with Crippen LogP contribution in [0.5, 0.6) is 0 Å². The van der Waals surface area contributed by atoms with Gasteiger partial charge in [0, 0.05) is 73.8 Å². The summed E-state index contributed by atoms with van der Waals surface area (Å²) in [5, 5.41) is 0. The summed E-state index contributed by atoms with van der Waals surface area (Å²) in [5.74, 6) is 3.70. The fourth-order valence-electron chi connectivity index (χ4n) is 14.6. The molecule has 0 bridgehead atoms. The molecule has 4 aromatic carbocycles. The number of Topliss-reactive ketones (excluding diaryl/α,β-unsaturated/α-hetero) is 9. The van der Waals surface area contributed by atoms with E-state index in [0.29, 0.717) is 47.0 Å². The molecule has 0 amide bonds. The maximum atomic E-state index is 11.8. The van der Waals surface area contributed by atoms with Gasteiger partial charge in [-0.05, 0) is 232 Å². The van der Waals surface area contributed by atoms with Gasteiger partial charge in [0.15, 0.2) is 40.5 Å². The monoisotopic (exact) mass is 1590 g/mol. The predicted octanol–water partition coefficient (Wildman–Crippen LogP) is 27.3. The quantitative estimate of drug-likeness (QED) is 0.0626. The van der Waals surface area contributed by atoms with Crippen LogP contribution in [0, 0.1) is 22.2 Å². The third-order valence-corrected chi connectivity index (χ3v) is 22.1. The van der Waals surface area contributed by atoms with E-state index in [1.165, 1.54) is 150 Å². The number of rotatable bonds is 15. The second-order valence-corrected chi connectivity index (χ2v) is 34.8. The maximum absolute atomic E-state index is 11.8. The Bertz CT molecular complexity index is 3850. The van der Waals surface area contributed by atoms with Crippen molar-refractivity contribution in [1.29, 1.82) is 0 Å². The molecule has 12 rings (SSSR count). The molecular formula is C105H150O11. The van der Waals surface area contributed by atoms with Crippen LogP contribution in [-0.2, 0) is 56.0 Å². The summed E-state index contributed by atoms with van der Waals surface area (Å²) in [6.07, 6.45) is 53.6. The number of carbonyl (C=O) groups excluding carboxylic acids is 11. The zero-order valence-electron chi connectivity index (χ0n) is 74.9. The van der Waals surface area contributed by atoms with Gasteiger partial charge in [-0.2, -0.15) is 0 Å². The molecule has 2 saturated carbocycles. The van der Waals surface area contributed by atoms with E-state index in [4.69, 9.17) is 0 Å². The van der Waals surface area contributed by atoms with Crippen LogP contribution >= 0.6 is 0 Å². The fourth-order valence-corrected chi connectivity index (χ4v) is 14.6. The van der Waals surface area contributed by atoms with Gasteiger partial charge in [0.1, 0.15) is 23.1 Å². The lowest BCUT2D eigenvalue weighted by molar-refractivity contribution is -0.124. The topological polar surface area (TPSA) is 188 Å². The maximum Gasteiger partial charge on any atom is 0.163 e. The Kier molecular flexibility index (Phi) is 53.1. The van der Waals surface area contributed by atoms with Crippen LogP contribution < -0.4 is 0 Å². The number of hydrogen-bond acceptors (Lipinski definition) is 11. The number of allylic oxidation sites excluding steroid dienone is 11. The summed E-state index contributed by atoms with van der Waals surface area (Å²) in [5.41, 5.74) is 13.0. The fraction of sp³-hybridized carbons (Fsp3) is 0.552. The Balaban J connectivity index is 0.000000436. The number of fused-ring (bicyclic) bond motifs is 1. The highest BCUT2D eigenvalue weighted by molar-refractivity contribution is 6.00. The SMILES string of the molecule is CC(=O)/C=C/C1=C(C)CCCC1(C)C.CC(=O)/C=C/c1ccccc1.CC(=O)C(C)(C)C.CC(=O)Cc1ccccc1.CC(=O)c1ccccc1.CC1=CC(C)(C)CCC1=O.CCCCCC1=CCCC1=O.CCCCCC1CCCC1=O.O=C1CCC2=C1CCCCCCCCCC2.O=C1CCCC1.O=C1CCCc2ccccc21. The van der Waals surface area contributed by atoms with Crippen molar-refractivity contribution in [2.45, 2.75) is 355 Å². The van der Waals surface area contributed by atoms with Crippen LogP contribution in [0.3, 0.4) is 0 Å². The molecule has 0 aromatic heterocycles. The van der Waals surface area contributed by atoms with E-state index in [2.05, 4.69) is 60.6 Å². The molecule has 2 fully saturated rings. The molecule has 0 N–H and O–H groups in total. The van der Waals surface area contributed by atoms with Gasteiger partial charge in [0.2, 0.25) is 0 Å². The molecule has 0 radical (unpaired) electrons. The largest absolute Gasteiger partial charge is 0.300 e. The average molecular weight is 1590 g/mol. The lowest BCUT2D eigenvalue weighted by atomic mass is 9.72.